The minimum atomic E-state index is -0.566. The van der Waals surface area contributed by atoms with Crippen molar-refractivity contribution < 1.29 is 9.72 Å². The van der Waals surface area contributed by atoms with Crippen molar-refractivity contribution in [2.24, 2.45) is 5.92 Å². The fraction of sp³-hybridized carbons (Fsp3) is 0.462. The van der Waals surface area contributed by atoms with E-state index in [1.165, 1.54) is 12.1 Å². The van der Waals surface area contributed by atoms with E-state index in [1.807, 2.05) is 0 Å². The van der Waals surface area contributed by atoms with E-state index in [0.29, 0.717) is 18.0 Å². The Labute approximate surface area is 121 Å². The van der Waals surface area contributed by atoms with Gasteiger partial charge in [0.1, 0.15) is 5.02 Å². The van der Waals surface area contributed by atoms with Gasteiger partial charge in [-0.05, 0) is 44.0 Å². The van der Waals surface area contributed by atoms with Gasteiger partial charge in [-0.25, -0.2) is 0 Å². The lowest BCUT2D eigenvalue weighted by atomic mass is 9.96. The third-order valence-electron chi connectivity index (χ3n) is 3.30. The molecule has 1 amide bonds. The first-order valence-electron chi connectivity index (χ1n) is 6.51. The zero-order valence-corrected chi connectivity index (χ0v) is 11.7. The van der Waals surface area contributed by atoms with Crippen LogP contribution in [0.25, 0.3) is 0 Å². The van der Waals surface area contributed by atoms with Crippen molar-refractivity contribution in [1.82, 2.24) is 5.32 Å². The van der Waals surface area contributed by atoms with Crippen LogP contribution >= 0.6 is 11.6 Å². The van der Waals surface area contributed by atoms with Crippen LogP contribution in [-0.4, -0.2) is 23.9 Å². The maximum Gasteiger partial charge on any atom is 0.289 e. The van der Waals surface area contributed by atoms with E-state index < -0.39 is 4.92 Å². The maximum atomic E-state index is 11.9. The molecule has 0 saturated carbocycles. The first-order chi connectivity index (χ1) is 9.56. The monoisotopic (exact) mass is 297 g/mol. The number of piperidine rings is 1. The molecule has 1 aliphatic heterocycles. The third-order valence-corrected chi connectivity index (χ3v) is 3.62. The minimum Gasteiger partial charge on any atom is -0.326 e. The summed E-state index contributed by atoms with van der Waals surface area (Å²) in [5, 5.41) is 16.8. The average molecular weight is 298 g/mol. The largest absolute Gasteiger partial charge is 0.326 e. The van der Waals surface area contributed by atoms with Crippen molar-refractivity contribution in [2.45, 2.75) is 19.3 Å². The molecule has 1 aliphatic rings. The summed E-state index contributed by atoms with van der Waals surface area (Å²) >= 11 is 5.72. The zero-order valence-electron chi connectivity index (χ0n) is 10.9. The molecule has 1 saturated heterocycles. The fourth-order valence-electron chi connectivity index (χ4n) is 2.30. The number of carbonyl (C=O) groups is 1. The van der Waals surface area contributed by atoms with Crippen LogP contribution in [0.2, 0.25) is 5.02 Å². The molecule has 0 aromatic heterocycles. The van der Waals surface area contributed by atoms with Crippen LogP contribution < -0.4 is 10.6 Å². The number of amides is 1. The van der Waals surface area contributed by atoms with Gasteiger partial charge in [0.15, 0.2) is 0 Å². The van der Waals surface area contributed by atoms with E-state index in [1.54, 1.807) is 6.07 Å². The van der Waals surface area contributed by atoms with Gasteiger partial charge in [0.25, 0.3) is 5.69 Å². The van der Waals surface area contributed by atoms with Crippen LogP contribution in [0, 0.1) is 16.0 Å². The number of nitrogens with one attached hydrogen (secondary N) is 2. The van der Waals surface area contributed by atoms with Gasteiger partial charge in [-0.1, -0.05) is 11.6 Å². The Hall–Kier alpha value is -1.66. The molecule has 0 aliphatic carbocycles. The number of nitro groups is 1. The van der Waals surface area contributed by atoms with E-state index in [0.717, 1.165) is 25.9 Å². The number of benzene rings is 1. The molecule has 0 bridgehead atoms. The summed E-state index contributed by atoms with van der Waals surface area (Å²) in [5.74, 6) is 0.196. The third kappa shape index (κ3) is 3.91. The Morgan fingerprint density at radius 1 is 1.55 bits per heavy atom. The molecule has 6 nitrogen and oxygen atoms in total. The second-order valence-electron chi connectivity index (χ2n) is 4.89. The minimum absolute atomic E-state index is 0.0597. The van der Waals surface area contributed by atoms with Crippen molar-refractivity contribution in [1.29, 1.82) is 0 Å². The maximum absolute atomic E-state index is 11.9. The van der Waals surface area contributed by atoms with Gasteiger partial charge >= 0.3 is 0 Å². The predicted molar refractivity (Wildman–Crippen MR) is 76.9 cm³/mol. The van der Waals surface area contributed by atoms with E-state index >= 15 is 0 Å². The van der Waals surface area contributed by atoms with Gasteiger partial charge in [0, 0.05) is 18.2 Å². The van der Waals surface area contributed by atoms with Gasteiger partial charge in [0.05, 0.1) is 4.92 Å². The van der Waals surface area contributed by atoms with Crippen molar-refractivity contribution in [3.63, 3.8) is 0 Å². The fourth-order valence-corrected chi connectivity index (χ4v) is 2.49. The van der Waals surface area contributed by atoms with Crippen LogP contribution in [0.5, 0.6) is 0 Å². The first kappa shape index (κ1) is 14.7. The summed E-state index contributed by atoms with van der Waals surface area (Å²) in [6.07, 6.45) is 2.52. The summed E-state index contributed by atoms with van der Waals surface area (Å²) in [6.45, 7) is 1.84. The second kappa shape index (κ2) is 6.67. The lowest BCUT2D eigenvalue weighted by molar-refractivity contribution is -0.384. The molecule has 1 fully saturated rings. The van der Waals surface area contributed by atoms with Crippen LogP contribution in [-0.2, 0) is 4.79 Å². The van der Waals surface area contributed by atoms with Crippen LogP contribution in [0.15, 0.2) is 18.2 Å². The van der Waals surface area contributed by atoms with Gasteiger partial charge in [-0.15, -0.1) is 0 Å². The molecule has 1 aromatic rings. The van der Waals surface area contributed by atoms with Crippen molar-refractivity contribution in [2.75, 3.05) is 18.4 Å². The van der Waals surface area contributed by atoms with Crippen LogP contribution in [0.3, 0.4) is 0 Å². The lowest BCUT2D eigenvalue weighted by Gasteiger charge is -2.22. The van der Waals surface area contributed by atoms with E-state index in [9.17, 15) is 14.9 Å². The standard InChI is InChI=1S/C13H16ClN3O3/c14-11-4-3-10(7-12(11)17(19)20)16-13(18)6-9-2-1-5-15-8-9/h3-4,7,9,15H,1-2,5-6,8H2,(H,16,18). The van der Waals surface area contributed by atoms with Crippen LogP contribution in [0.4, 0.5) is 11.4 Å². The first-order valence-corrected chi connectivity index (χ1v) is 6.88. The number of carbonyl (C=O) groups excluding carboxylic acids is 1. The summed E-state index contributed by atoms with van der Waals surface area (Å²) in [5.41, 5.74) is 0.193. The topological polar surface area (TPSA) is 84.3 Å². The van der Waals surface area contributed by atoms with Gasteiger partial charge < -0.3 is 10.6 Å². The molecule has 1 atom stereocenters. The predicted octanol–water partition coefficient (Wildman–Crippen LogP) is 2.58. The molecule has 0 spiro atoms. The molecule has 1 heterocycles. The Morgan fingerprint density at radius 3 is 3.00 bits per heavy atom. The number of nitrogens with zero attached hydrogens (tertiary/aromatic N) is 1. The zero-order chi connectivity index (χ0) is 14.5. The summed E-state index contributed by atoms with van der Waals surface area (Å²) in [6, 6.07) is 4.25. The molecule has 108 valence electrons. The Bertz CT molecular complexity index is 516. The Balaban J connectivity index is 1.96. The summed E-state index contributed by atoms with van der Waals surface area (Å²) < 4.78 is 0. The molecule has 20 heavy (non-hydrogen) atoms. The number of rotatable bonds is 4. The Morgan fingerprint density at radius 2 is 2.35 bits per heavy atom. The highest BCUT2D eigenvalue weighted by atomic mass is 35.5. The Kier molecular flexibility index (Phi) is 4.92. The highest BCUT2D eigenvalue weighted by molar-refractivity contribution is 6.32. The van der Waals surface area contributed by atoms with E-state index in [4.69, 9.17) is 11.6 Å². The highest BCUT2D eigenvalue weighted by Gasteiger charge is 2.18. The SMILES string of the molecule is O=C(CC1CCCNC1)Nc1ccc(Cl)c([N+](=O)[O-])c1. The summed E-state index contributed by atoms with van der Waals surface area (Å²) in [7, 11) is 0. The van der Waals surface area contributed by atoms with Crippen molar-refractivity contribution >= 4 is 28.9 Å². The average Bonchev–Trinajstić information content (AvgIpc) is 2.41. The molecule has 2 rings (SSSR count). The molecular weight excluding hydrogens is 282 g/mol. The van der Waals surface area contributed by atoms with Gasteiger partial charge in [-0.2, -0.15) is 0 Å². The van der Waals surface area contributed by atoms with Crippen molar-refractivity contribution in [3.8, 4) is 0 Å². The normalized spacial score (nSPS) is 18.6. The van der Waals surface area contributed by atoms with Gasteiger partial charge in [-0.3, -0.25) is 14.9 Å². The van der Waals surface area contributed by atoms with Crippen molar-refractivity contribution in [3.05, 3.63) is 33.3 Å². The van der Waals surface area contributed by atoms with E-state index in [2.05, 4.69) is 10.6 Å². The quantitative estimate of drug-likeness (QED) is 0.661. The molecular formula is C13H16ClN3O3. The highest BCUT2D eigenvalue weighted by Crippen LogP contribution is 2.27. The van der Waals surface area contributed by atoms with Gasteiger partial charge in [0.2, 0.25) is 5.91 Å². The summed E-state index contributed by atoms with van der Waals surface area (Å²) in [4.78, 5) is 22.1. The smallest absolute Gasteiger partial charge is 0.289 e. The lowest BCUT2D eigenvalue weighted by Crippen LogP contribution is -2.32. The molecule has 0 radical (unpaired) electrons. The molecule has 7 heteroatoms. The van der Waals surface area contributed by atoms with E-state index in [-0.39, 0.29) is 16.6 Å². The molecule has 1 aromatic carbocycles. The molecule has 2 N–H and O–H groups in total. The van der Waals surface area contributed by atoms with Crippen LogP contribution in [0.1, 0.15) is 19.3 Å². The number of hydrogen-bond donors (Lipinski definition) is 2. The molecule has 1 unspecified atom stereocenters. The number of nitro benzene ring substituents is 1. The number of halogens is 1. The number of hydrogen-bond acceptors (Lipinski definition) is 4. The second-order valence-corrected chi connectivity index (χ2v) is 5.30. The number of anilines is 1.